The van der Waals surface area contributed by atoms with Crippen LogP contribution in [0.25, 0.3) is 11.3 Å². The van der Waals surface area contributed by atoms with E-state index in [4.69, 9.17) is 5.73 Å². The molecule has 1 aromatic heterocycles. The zero-order chi connectivity index (χ0) is 9.10. The number of nitrogens with two attached hydrogens (primary N) is 1. The molecule has 3 nitrogen and oxygen atoms in total. The number of nitrogens with zero attached hydrogens (tertiary/aromatic N) is 2. The highest BCUT2D eigenvalue weighted by atomic mass is 14.9. The lowest BCUT2D eigenvalue weighted by Crippen LogP contribution is -1.93. The van der Waals surface area contributed by atoms with Gasteiger partial charge in [0.1, 0.15) is 6.33 Å². The normalized spacial score (nSPS) is 9.85. The Balaban J connectivity index is 2.54. The first-order chi connectivity index (χ1) is 6.38. The van der Waals surface area contributed by atoms with E-state index in [9.17, 15) is 0 Å². The van der Waals surface area contributed by atoms with Crippen LogP contribution in [0.15, 0.2) is 42.9 Å². The molecule has 0 aliphatic carbocycles. The summed E-state index contributed by atoms with van der Waals surface area (Å²) in [6.45, 7) is 0. The lowest BCUT2D eigenvalue weighted by Gasteiger charge is -2.01. The Bertz CT molecular complexity index is 398. The maximum absolute atomic E-state index is 5.73. The van der Waals surface area contributed by atoms with Crippen molar-refractivity contribution in [1.82, 2.24) is 9.97 Å². The van der Waals surface area contributed by atoms with Gasteiger partial charge in [-0.2, -0.15) is 0 Å². The first-order valence-corrected chi connectivity index (χ1v) is 3.99. The maximum atomic E-state index is 5.73. The minimum Gasteiger partial charge on any atom is -0.396 e. The Morgan fingerprint density at radius 3 is 2.54 bits per heavy atom. The summed E-state index contributed by atoms with van der Waals surface area (Å²) >= 11 is 0. The summed E-state index contributed by atoms with van der Waals surface area (Å²) in [5, 5.41) is 0. The number of hydrogen-bond donors (Lipinski definition) is 1. The van der Waals surface area contributed by atoms with Crippen molar-refractivity contribution in [2.24, 2.45) is 0 Å². The van der Waals surface area contributed by atoms with Gasteiger partial charge in [-0.1, -0.05) is 30.3 Å². The predicted molar refractivity (Wildman–Crippen MR) is 51.9 cm³/mol. The highest BCUT2D eigenvalue weighted by Crippen LogP contribution is 2.20. The zero-order valence-corrected chi connectivity index (χ0v) is 7.01. The highest BCUT2D eigenvalue weighted by molar-refractivity contribution is 5.71. The molecule has 13 heavy (non-hydrogen) atoms. The molecule has 0 aliphatic rings. The van der Waals surface area contributed by atoms with Crippen LogP contribution in [-0.2, 0) is 0 Å². The number of anilines is 1. The second-order valence-corrected chi connectivity index (χ2v) is 2.69. The van der Waals surface area contributed by atoms with E-state index in [1.165, 1.54) is 6.33 Å². The van der Waals surface area contributed by atoms with E-state index in [-0.39, 0.29) is 0 Å². The SMILES string of the molecule is Nc1cncnc1-c1ccccc1. The molecule has 0 saturated heterocycles. The second-order valence-electron chi connectivity index (χ2n) is 2.69. The van der Waals surface area contributed by atoms with E-state index in [0.717, 1.165) is 11.3 Å². The van der Waals surface area contributed by atoms with Crippen molar-refractivity contribution in [3.05, 3.63) is 42.9 Å². The van der Waals surface area contributed by atoms with Gasteiger partial charge >= 0.3 is 0 Å². The van der Waals surface area contributed by atoms with Gasteiger partial charge in [-0.25, -0.2) is 9.97 Å². The van der Waals surface area contributed by atoms with E-state index in [0.29, 0.717) is 5.69 Å². The van der Waals surface area contributed by atoms with Crippen LogP contribution < -0.4 is 5.73 Å². The summed E-state index contributed by atoms with van der Waals surface area (Å²) in [5.74, 6) is 0. The molecule has 0 atom stereocenters. The van der Waals surface area contributed by atoms with Crippen molar-refractivity contribution in [3.63, 3.8) is 0 Å². The molecule has 0 bridgehead atoms. The van der Waals surface area contributed by atoms with Crippen LogP contribution >= 0.6 is 0 Å². The van der Waals surface area contributed by atoms with Crippen LogP contribution in [0.5, 0.6) is 0 Å². The first kappa shape index (κ1) is 7.73. The van der Waals surface area contributed by atoms with Gasteiger partial charge in [-0.3, -0.25) is 0 Å². The average Bonchev–Trinajstić information content (AvgIpc) is 2.20. The van der Waals surface area contributed by atoms with Gasteiger partial charge in [0.2, 0.25) is 0 Å². The maximum Gasteiger partial charge on any atom is 0.116 e. The van der Waals surface area contributed by atoms with E-state index in [2.05, 4.69) is 9.97 Å². The smallest absolute Gasteiger partial charge is 0.116 e. The Morgan fingerprint density at radius 2 is 1.85 bits per heavy atom. The topological polar surface area (TPSA) is 51.8 Å². The Kier molecular flexibility index (Phi) is 1.92. The highest BCUT2D eigenvalue weighted by Gasteiger charge is 2.01. The lowest BCUT2D eigenvalue weighted by atomic mass is 10.1. The van der Waals surface area contributed by atoms with Gasteiger partial charge < -0.3 is 5.73 Å². The monoisotopic (exact) mass is 171 g/mol. The van der Waals surface area contributed by atoms with Gasteiger partial charge in [-0.15, -0.1) is 0 Å². The standard InChI is InChI=1S/C10H9N3/c11-9-6-12-7-13-10(9)8-4-2-1-3-5-8/h1-7H,11H2. The minimum atomic E-state index is 0.605. The molecule has 0 amide bonds. The van der Waals surface area contributed by atoms with Gasteiger partial charge in [0.25, 0.3) is 0 Å². The van der Waals surface area contributed by atoms with Gasteiger partial charge in [0.15, 0.2) is 0 Å². The molecule has 0 radical (unpaired) electrons. The summed E-state index contributed by atoms with van der Waals surface area (Å²) in [4.78, 5) is 7.95. The van der Waals surface area contributed by atoms with Crippen LogP contribution in [0.1, 0.15) is 0 Å². The molecule has 2 rings (SSSR count). The molecule has 0 aliphatic heterocycles. The fourth-order valence-corrected chi connectivity index (χ4v) is 1.18. The fourth-order valence-electron chi connectivity index (χ4n) is 1.18. The average molecular weight is 171 g/mol. The van der Waals surface area contributed by atoms with Gasteiger partial charge in [-0.05, 0) is 0 Å². The second kappa shape index (κ2) is 3.23. The van der Waals surface area contributed by atoms with Crippen LogP contribution in [0, 0.1) is 0 Å². The van der Waals surface area contributed by atoms with Crippen molar-refractivity contribution in [1.29, 1.82) is 0 Å². The van der Waals surface area contributed by atoms with Crippen molar-refractivity contribution in [2.45, 2.75) is 0 Å². The molecular formula is C10H9N3. The number of aromatic nitrogens is 2. The third kappa shape index (κ3) is 1.49. The lowest BCUT2D eigenvalue weighted by molar-refractivity contribution is 1.18. The van der Waals surface area contributed by atoms with E-state index in [1.807, 2.05) is 30.3 Å². The molecule has 64 valence electrons. The predicted octanol–water partition coefficient (Wildman–Crippen LogP) is 1.73. The molecule has 2 N–H and O–H groups in total. The summed E-state index contributed by atoms with van der Waals surface area (Å²) < 4.78 is 0. The number of nitrogen functional groups attached to an aromatic ring is 1. The van der Waals surface area contributed by atoms with Crippen molar-refractivity contribution in [2.75, 3.05) is 5.73 Å². The molecule has 0 fully saturated rings. The van der Waals surface area contributed by atoms with Crippen molar-refractivity contribution in [3.8, 4) is 11.3 Å². The van der Waals surface area contributed by atoms with Crippen LogP contribution in [0.2, 0.25) is 0 Å². The Labute approximate surface area is 76.3 Å². The molecular weight excluding hydrogens is 162 g/mol. The first-order valence-electron chi connectivity index (χ1n) is 3.99. The summed E-state index contributed by atoms with van der Waals surface area (Å²) in [7, 11) is 0. The van der Waals surface area contributed by atoms with E-state index < -0.39 is 0 Å². The van der Waals surface area contributed by atoms with Crippen molar-refractivity contribution >= 4 is 5.69 Å². The summed E-state index contributed by atoms with van der Waals surface area (Å²) in [5.41, 5.74) is 8.14. The third-order valence-electron chi connectivity index (χ3n) is 1.79. The zero-order valence-electron chi connectivity index (χ0n) is 7.01. The molecule has 0 spiro atoms. The van der Waals surface area contributed by atoms with Gasteiger partial charge in [0, 0.05) is 5.56 Å². The van der Waals surface area contributed by atoms with Gasteiger partial charge in [0.05, 0.1) is 17.6 Å². The Morgan fingerprint density at radius 1 is 1.08 bits per heavy atom. The minimum absolute atomic E-state index is 0.605. The number of benzene rings is 1. The van der Waals surface area contributed by atoms with Crippen LogP contribution in [0.3, 0.4) is 0 Å². The molecule has 1 heterocycles. The third-order valence-corrected chi connectivity index (χ3v) is 1.79. The van der Waals surface area contributed by atoms with Crippen LogP contribution in [-0.4, -0.2) is 9.97 Å². The molecule has 1 aromatic carbocycles. The van der Waals surface area contributed by atoms with Crippen LogP contribution in [0.4, 0.5) is 5.69 Å². The molecule has 3 heteroatoms. The number of rotatable bonds is 1. The largest absolute Gasteiger partial charge is 0.396 e. The summed E-state index contributed by atoms with van der Waals surface area (Å²) in [6.07, 6.45) is 3.11. The molecule has 0 unspecified atom stereocenters. The van der Waals surface area contributed by atoms with E-state index in [1.54, 1.807) is 6.20 Å². The number of hydrogen-bond acceptors (Lipinski definition) is 3. The van der Waals surface area contributed by atoms with E-state index >= 15 is 0 Å². The molecule has 0 saturated carbocycles. The van der Waals surface area contributed by atoms with Crippen molar-refractivity contribution < 1.29 is 0 Å². The Hall–Kier alpha value is -1.90. The summed E-state index contributed by atoms with van der Waals surface area (Å²) in [6, 6.07) is 9.81. The fraction of sp³-hybridized carbons (Fsp3) is 0. The molecule has 2 aromatic rings. The quantitative estimate of drug-likeness (QED) is 0.710.